The van der Waals surface area contributed by atoms with Gasteiger partial charge in [0.25, 0.3) is 11.8 Å². The third-order valence-electron chi connectivity index (χ3n) is 6.96. The summed E-state index contributed by atoms with van der Waals surface area (Å²) in [6.45, 7) is 6.19. The van der Waals surface area contributed by atoms with Gasteiger partial charge < -0.3 is 19.1 Å². The van der Waals surface area contributed by atoms with Gasteiger partial charge >= 0.3 is 0 Å². The number of likely N-dealkylation sites (N-methyl/N-ethyl adjacent to an activating group) is 1. The first kappa shape index (κ1) is 25.2. The molecule has 3 aromatic heterocycles. The number of carbonyl (C=O) groups excluding carboxylic acids is 2. The second-order valence-electron chi connectivity index (χ2n) is 9.89. The molecule has 1 N–H and O–H groups in total. The second-order valence-corrected chi connectivity index (χ2v) is 9.89. The molecule has 0 radical (unpaired) electrons. The van der Waals surface area contributed by atoms with Crippen LogP contribution in [0.4, 0.5) is 0 Å². The molecule has 4 heterocycles. The molecule has 37 heavy (non-hydrogen) atoms. The molecule has 12 heteroatoms. The predicted octanol–water partition coefficient (Wildman–Crippen LogP) is 1.93. The first-order chi connectivity index (χ1) is 17.9. The Balaban J connectivity index is 1.44. The van der Waals surface area contributed by atoms with E-state index in [1.807, 2.05) is 38.0 Å². The van der Waals surface area contributed by atoms with Crippen LogP contribution in [-0.2, 0) is 16.1 Å². The summed E-state index contributed by atoms with van der Waals surface area (Å²) in [7, 11) is 2.04. The molecule has 1 unspecified atom stereocenters. The molecule has 3 aromatic rings. The van der Waals surface area contributed by atoms with E-state index in [9.17, 15) is 9.59 Å². The Bertz CT molecular complexity index is 1220. The number of carbonyl (C=O) groups is 2. The molecule has 1 saturated carbocycles. The van der Waals surface area contributed by atoms with Crippen LogP contribution in [0.1, 0.15) is 49.0 Å². The van der Waals surface area contributed by atoms with Crippen molar-refractivity contribution in [3.8, 4) is 11.6 Å². The maximum Gasteiger partial charge on any atom is 0.261 e. The number of aromatic nitrogens is 4. The highest BCUT2D eigenvalue weighted by Crippen LogP contribution is 2.28. The van der Waals surface area contributed by atoms with Gasteiger partial charge in [-0.15, -0.1) is 10.2 Å². The summed E-state index contributed by atoms with van der Waals surface area (Å²) in [4.78, 5) is 31.1. The van der Waals surface area contributed by atoms with Crippen LogP contribution in [0.5, 0.6) is 0 Å². The number of aryl methyl sites for hydroxylation is 2. The first-order valence-electron chi connectivity index (χ1n) is 12.8. The van der Waals surface area contributed by atoms with Crippen LogP contribution >= 0.6 is 0 Å². The first-order valence-corrected chi connectivity index (χ1v) is 12.8. The minimum Gasteiger partial charge on any atom is -0.464 e. The average Bonchev–Trinajstić information content (AvgIpc) is 3.67. The minimum atomic E-state index is -0.944. The molecule has 2 fully saturated rings. The van der Waals surface area contributed by atoms with Crippen LogP contribution in [0.25, 0.3) is 11.6 Å². The average molecular weight is 511 g/mol. The maximum absolute atomic E-state index is 13.9. The molecule has 0 bridgehead atoms. The molecule has 2 amide bonds. The lowest BCUT2D eigenvalue weighted by Crippen LogP contribution is -2.59. The van der Waals surface area contributed by atoms with Gasteiger partial charge in [0.15, 0.2) is 11.8 Å². The fourth-order valence-electron chi connectivity index (χ4n) is 4.94. The summed E-state index contributed by atoms with van der Waals surface area (Å²) < 4.78 is 11.5. The third kappa shape index (κ3) is 5.75. The lowest BCUT2D eigenvalue weighted by Gasteiger charge is -2.42. The smallest absolute Gasteiger partial charge is 0.261 e. The number of hydrazine groups is 1. The summed E-state index contributed by atoms with van der Waals surface area (Å²) in [6.07, 6.45) is 4.06. The van der Waals surface area contributed by atoms with Gasteiger partial charge in [-0.05, 0) is 63.2 Å². The normalized spacial score (nSPS) is 18.2. The molecule has 1 atom stereocenters. The summed E-state index contributed by atoms with van der Waals surface area (Å²) in [5.41, 5.74) is 0. The van der Waals surface area contributed by atoms with Crippen molar-refractivity contribution in [3.63, 3.8) is 0 Å². The van der Waals surface area contributed by atoms with Crippen LogP contribution in [0.15, 0.2) is 33.1 Å². The molecule has 2 aliphatic rings. The van der Waals surface area contributed by atoms with Gasteiger partial charge in [0, 0.05) is 32.2 Å². The van der Waals surface area contributed by atoms with E-state index in [0.29, 0.717) is 36.2 Å². The minimum absolute atomic E-state index is 0.104. The van der Waals surface area contributed by atoms with Crippen molar-refractivity contribution in [2.24, 2.45) is 0 Å². The second kappa shape index (κ2) is 10.9. The number of piperazine rings is 1. The SMILES string of the molecule is Cc1ccc(-c2nnn(CC(=O)N(C(C(=O)NC3CCCC3)c3ccc(C)o3)N3CCN(C)CC3)n2)o1. The Morgan fingerprint density at radius 1 is 1.05 bits per heavy atom. The van der Waals surface area contributed by atoms with Crippen LogP contribution < -0.4 is 5.32 Å². The summed E-state index contributed by atoms with van der Waals surface area (Å²) >= 11 is 0. The number of tetrazole rings is 1. The highest BCUT2D eigenvalue weighted by atomic mass is 16.3. The van der Waals surface area contributed by atoms with Crippen molar-refractivity contribution in [3.05, 3.63) is 41.5 Å². The van der Waals surface area contributed by atoms with Crippen molar-refractivity contribution < 1.29 is 18.4 Å². The Labute approximate surface area is 215 Å². The molecule has 1 saturated heterocycles. The van der Waals surface area contributed by atoms with E-state index in [-0.39, 0.29) is 24.4 Å². The highest BCUT2D eigenvalue weighted by molar-refractivity contribution is 5.88. The van der Waals surface area contributed by atoms with Crippen molar-refractivity contribution in [1.29, 1.82) is 0 Å². The van der Waals surface area contributed by atoms with Crippen molar-refractivity contribution >= 4 is 11.8 Å². The zero-order chi connectivity index (χ0) is 25.9. The Morgan fingerprint density at radius 2 is 1.76 bits per heavy atom. The fraction of sp³-hybridized carbons (Fsp3) is 0.560. The van der Waals surface area contributed by atoms with Crippen molar-refractivity contribution in [2.75, 3.05) is 33.2 Å². The predicted molar refractivity (Wildman–Crippen MR) is 133 cm³/mol. The highest BCUT2D eigenvalue weighted by Gasteiger charge is 2.39. The summed E-state index contributed by atoms with van der Waals surface area (Å²) in [5, 5.41) is 19.1. The monoisotopic (exact) mass is 510 g/mol. The Kier molecular flexibility index (Phi) is 7.38. The number of amides is 2. The zero-order valence-corrected chi connectivity index (χ0v) is 21.6. The third-order valence-corrected chi connectivity index (χ3v) is 6.96. The molecule has 0 aromatic carbocycles. The van der Waals surface area contributed by atoms with E-state index in [4.69, 9.17) is 8.83 Å². The van der Waals surface area contributed by atoms with Gasteiger partial charge in [0.2, 0.25) is 5.82 Å². The number of nitrogens with zero attached hydrogens (tertiary/aromatic N) is 7. The summed E-state index contributed by atoms with van der Waals surface area (Å²) in [6, 6.07) is 6.32. The van der Waals surface area contributed by atoms with Crippen LogP contribution in [-0.4, -0.2) is 86.2 Å². The van der Waals surface area contributed by atoms with Gasteiger partial charge in [-0.1, -0.05) is 12.8 Å². The van der Waals surface area contributed by atoms with Crippen LogP contribution in [0.2, 0.25) is 0 Å². The lowest BCUT2D eigenvalue weighted by atomic mass is 10.1. The van der Waals surface area contributed by atoms with Crippen molar-refractivity contribution in [2.45, 2.75) is 58.2 Å². The molecule has 5 rings (SSSR count). The molecule has 1 aliphatic heterocycles. The standard InChI is InChI=1S/C25H34N8O4/c1-17-8-10-20(36-17)23(25(35)26-19-6-4-5-7-19)33(31-14-12-30(3)13-15-31)22(34)16-32-28-24(27-29-32)21-11-9-18(2)37-21/h8-11,19,23H,4-7,12-16H2,1-3H3,(H,26,35). The Hall–Kier alpha value is -3.51. The topological polar surface area (TPSA) is 126 Å². The van der Waals surface area contributed by atoms with Gasteiger partial charge in [0.1, 0.15) is 23.8 Å². The van der Waals surface area contributed by atoms with E-state index in [2.05, 4.69) is 25.6 Å². The van der Waals surface area contributed by atoms with E-state index in [0.717, 1.165) is 44.5 Å². The number of furan rings is 2. The fourth-order valence-corrected chi connectivity index (χ4v) is 4.94. The quantitative estimate of drug-likeness (QED) is 0.484. The molecule has 1 aliphatic carbocycles. The van der Waals surface area contributed by atoms with E-state index in [1.165, 1.54) is 9.81 Å². The van der Waals surface area contributed by atoms with Gasteiger partial charge in [-0.3, -0.25) is 14.6 Å². The molecule has 0 spiro atoms. The van der Waals surface area contributed by atoms with E-state index in [1.54, 1.807) is 12.1 Å². The van der Waals surface area contributed by atoms with E-state index < -0.39 is 6.04 Å². The van der Waals surface area contributed by atoms with Gasteiger partial charge in [-0.2, -0.15) is 4.80 Å². The summed E-state index contributed by atoms with van der Waals surface area (Å²) in [5.74, 6) is 2.04. The number of nitrogens with one attached hydrogen (secondary N) is 1. The Morgan fingerprint density at radius 3 is 2.41 bits per heavy atom. The molecule has 12 nitrogen and oxygen atoms in total. The van der Waals surface area contributed by atoms with Gasteiger partial charge in [-0.25, -0.2) is 5.01 Å². The maximum atomic E-state index is 13.9. The van der Waals surface area contributed by atoms with Crippen molar-refractivity contribution in [1.82, 2.24) is 40.4 Å². The number of rotatable bonds is 8. The molecule has 198 valence electrons. The van der Waals surface area contributed by atoms with E-state index >= 15 is 0 Å². The van der Waals surface area contributed by atoms with Crippen LogP contribution in [0, 0.1) is 13.8 Å². The number of hydrogen-bond acceptors (Lipinski definition) is 9. The van der Waals surface area contributed by atoms with Crippen LogP contribution in [0.3, 0.4) is 0 Å². The number of hydrogen-bond donors (Lipinski definition) is 1. The lowest BCUT2D eigenvalue weighted by molar-refractivity contribution is -0.168. The largest absolute Gasteiger partial charge is 0.464 e. The molecular formula is C25H34N8O4. The zero-order valence-electron chi connectivity index (χ0n) is 21.6. The van der Waals surface area contributed by atoms with Gasteiger partial charge in [0.05, 0.1) is 0 Å². The molecular weight excluding hydrogens is 476 g/mol.